The van der Waals surface area contributed by atoms with Gasteiger partial charge in [0.05, 0.1) is 32.0 Å². The first-order valence-electron chi connectivity index (χ1n) is 9.65. The van der Waals surface area contributed by atoms with E-state index in [4.69, 9.17) is 14.0 Å². The SMILES string of the molecule is COc1ccc(OC)c([C@H]2CCC[NH+]2CC(=O)Nc2cc(C(C)(C)C)no2)c1. The number of aromatic nitrogens is 1. The molecule has 7 nitrogen and oxygen atoms in total. The van der Waals surface area contributed by atoms with Crippen molar-refractivity contribution in [3.63, 3.8) is 0 Å². The third-order valence-electron chi connectivity index (χ3n) is 5.22. The maximum absolute atomic E-state index is 12.6. The number of anilines is 1. The Balaban J connectivity index is 1.70. The number of carbonyl (C=O) groups excluding carboxylic acids is 1. The number of hydrogen-bond donors (Lipinski definition) is 2. The molecule has 1 amide bonds. The van der Waals surface area contributed by atoms with Crippen LogP contribution in [0.5, 0.6) is 11.5 Å². The lowest BCUT2D eigenvalue weighted by molar-refractivity contribution is -0.910. The highest BCUT2D eigenvalue weighted by Gasteiger charge is 2.34. The molecule has 0 bridgehead atoms. The summed E-state index contributed by atoms with van der Waals surface area (Å²) in [6.45, 7) is 7.45. The van der Waals surface area contributed by atoms with E-state index in [1.54, 1.807) is 20.3 Å². The highest BCUT2D eigenvalue weighted by Crippen LogP contribution is 2.31. The smallest absolute Gasteiger partial charge is 0.281 e. The number of carbonyl (C=O) groups is 1. The Bertz CT molecular complexity index is 825. The van der Waals surface area contributed by atoms with Gasteiger partial charge in [-0.3, -0.25) is 10.1 Å². The molecule has 0 spiro atoms. The van der Waals surface area contributed by atoms with E-state index < -0.39 is 0 Å². The van der Waals surface area contributed by atoms with E-state index >= 15 is 0 Å². The monoisotopic (exact) mass is 388 g/mol. The van der Waals surface area contributed by atoms with Gasteiger partial charge < -0.3 is 18.9 Å². The molecule has 7 heteroatoms. The maximum Gasteiger partial charge on any atom is 0.281 e. The first-order valence-corrected chi connectivity index (χ1v) is 9.65. The lowest BCUT2D eigenvalue weighted by atomic mass is 9.92. The first-order chi connectivity index (χ1) is 13.3. The van der Waals surface area contributed by atoms with E-state index in [9.17, 15) is 4.79 Å². The zero-order chi connectivity index (χ0) is 20.3. The Morgan fingerprint density at radius 1 is 1.29 bits per heavy atom. The number of nitrogens with one attached hydrogen (secondary N) is 2. The van der Waals surface area contributed by atoms with Crippen molar-refractivity contribution in [2.75, 3.05) is 32.6 Å². The van der Waals surface area contributed by atoms with Crippen LogP contribution < -0.4 is 19.7 Å². The Hall–Kier alpha value is -2.54. The molecule has 1 unspecified atom stereocenters. The van der Waals surface area contributed by atoms with Gasteiger partial charge in [-0.25, -0.2) is 0 Å². The van der Waals surface area contributed by atoms with E-state index in [1.807, 2.05) is 18.2 Å². The molecule has 1 saturated heterocycles. The molecule has 0 saturated carbocycles. The molecular weight excluding hydrogens is 358 g/mol. The summed E-state index contributed by atoms with van der Waals surface area (Å²) in [6, 6.07) is 7.81. The molecule has 3 rings (SSSR count). The highest BCUT2D eigenvalue weighted by molar-refractivity contribution is 5.90. The Labute approximate surface area is 166 Å². The average Bonchev–Trinajstić information content (AvgIpc) is 3.30. The molecule has 152 valence electrons. The van der Waals surface area contributed by atoms with Gasteiger partial charge in [-0.15, -0.1) is 0 Å². The van der Waals surface area contributed by atoms with Crippen LogP contribution in [-0.4, -0.2) is 38.4 Å². The first kappa shape index (κ1) is 20.2. The molecule has 0 radical (unpaired) electrons. The third kappa shape index (κ3) is 4.47. The van der Waals surface area contributed by atoms with Gasteiger partial charge in [0.2, 0.25) is 5.88 Å². The molecule has 2 atom stereocenters. The second kappa shape index (κ2) is 8.22. The van der Waals surface area contributed by atoms with Crippen LogP contribution in [0.4, 0.5) is 5.88 Å². The van der Waals surface area contributed by atoms with E-state index in [0.717, 1.165) is 42.1 Å². The quantitative estimate of drug-likeness (QED) is 0.794. The second-order valence-corrected chi connectivity index (χ2v) is 8.26. The van der Waals surface area contributed by atoms with E-state index in [1.165, 1.54) is 4.90 Å². The van der Waals surface area contributed by atoms with Gasteiger partial charge in [-0.05, 0) is 18.2 Å². The topological polar surface area (TPSA) is 78.0 Å². The predicted octanol–water partition coefficient (Wildman–Crippen LogP) is 2.35. The fourth-order valence-corrected chi connectivity index (χ4v) is 3.69. The number of likely N-dealkylation sites (tertiary alicyclic amines) is 1. The zero-order valence-corrected chi connectivity index (χ0v) is 17.3. The number of quaternary nitrogens is 1. The Kier molecular flexibility index (Phi) is 5.93. The molecule has 2 N–H and O–H groups in total. The molecule has 1 aliphatic heterocycles. The zero-order valence-electron chi connectivity index (χ0n) is 17.3. The molecule has 1 fully saturated rings. The molecule has 1 aromatic heterocycles. The summed E-state index contributed by atoms with van der Waals surface area (Å²) < 4.78 is 16.2. The van der Waals surface area contributed by atoms with E-state index in [-0.39, 0.29) is 17.4 Å². The number of amides is 1. The third-order valence-corrected chi connectivity index (χ3v) is 5.22. The van der Waals surface area contributed by atoms with Crippen molar-refractivity contribution < 1.29 is 23.7 Å². The van der Waals surface area contributed by atoms with Gasteiger partial charge in [0.1, 0.15) is 17.5 Å². The van der Waals surface area contributed by atoms with Crippen molar-refractivity contribution >= 4 is 11.8 Å². The lowest BCUT2D eigenvalue weighted by Gasteiger charge is -2.23. The molecule has 2 aromatic rings. The van der Waals surface area contributed by atoms with Crippen LogP contribution in [0.15, 0.2) is 28.8 Å². The van der Waals surface area contributed by atoms with Crippen LogP contribution in [0, 0.1) is 0 Å². The standard InChI is InChI=1S/C21H29N3O4/c1-21(2,3)18-12-20(28-23-18)22-19(25)13-24-10-6-7-16(24)15-11-14(26-4)8-9-17(15)27-5/h8-9,11-12,16H,6-7,10,13H2,1-5H3,(H,22,25)/p+1/t16-/m1/s1. The van der Waals surface area contributed by atoms with Crippen molar-refractivity contribution in [3.8, 4) is 11.5 Å². The number of ether oxygens (including phenoxy) is 2. The summed E-state index contributed by atoms with van der Waals surface area (Å²) in [4.78, 5) is 13.8. The number of rotatable bonds is 6. The fourth-order valence-electron chi connectivity index (χ4n) is 3.69. The Morgan fingerprint density at radius 3 is 2.71 bits per heavy atom. The van der Waals surface area contributed by atoms with E-state index in [2.05, 4.69) is 31.2 Å². The molecule has 2 heterocycles. The molecule has 1 aromatic carbocycles. The van der Waals surface area contributed by atoms with Crippen LogP contribution in [-0.2, 0) is 10.2 Å². The molecule has 1 aliphatic rings. The molecule has 0 aliphatic carbocycles. The summed E-state index contributed by atoms with van der Waals surface area (Å²) in [5.41, 5.74) is 1.77. The number of nitrogens with zero attached hydrogens (tertiary/aromatic N) is 1. The predicted molar refractivity (Wildman–Crippen MR) is 106 cm³/mol. The summed E-state index contributed by atoms with van der Waals surface area (Å²) >= 11 is 0. The molecular formula is C21H30N3O4+. The minimum absolute atomic E-state index is 0.0830. The summed E-state index contributed by atoms with van der Waals surface area (Å²) in [7, 11) is 3.32. The normalized spacial score (nSPS) is 19.5. The molecule has 28 heavy (non-hydrogen) atoms. The number of methoxy groups -OCH3 is 2. The van der Waals surface area contributed by atoms with Crippen molar-refractivity contribution in [1.29, 1.82) is 0 Å². The minimum atomic E-state index is -0.124. The van der Waals surface area contributed by atoms with Crippen molar-refractivity contribution in [1.82, 2.24) is 5.16 Å². The minimum Gasteiger partial charge on any atom is -0.497 e. The van der Waals surface area contributed by atoms with Crippen molar-refractivity contribution in [2.24, 2.45) is 0 Å². The number of benzene rings is 1. The van der Waals surface area contributed by atoms with Gasteiger partial charge in [-0.2, -0.15) is 0 Å². The lowest BCUT2D eigenvalue weighted by Crippen LogP contribution is -3.11. The van der Waals surface area contributed by atoms with Crippen molar-refractivity contribution in [2.45, 2.75) is 45.1 Å². The number of hydrogen-bond acceptors (Lipinski definition) is 5. The maximum atomic E-state index is 12.6. The van der Waals surface area contributed by atoms with Crippen LogP contribution in [0.25, 0.3) is 0 Å². The average molecular weight is 388 g/mol. The van der Waals surface area contributed by atoms with Crippen molar-refractivity contribution in [3.05, 3.63) is 35.5 Å². The van der Waals surface area contributed by atoms with Gasteiger partial charge in [0, 0.05) is 24.3 Å². The van der Waals surface area contributed by atoms with Gasteiger partial charge in [0.25, 0.3) is 5.91 Å². The van der Waals surface area contributed by atoms with Crippen LogP contribution in [0.1, 0.15) is 50.9 Å². The largest absolute Gasteiger partial charge is 0.497 e. The Morgan fingerprint density at radius 2 is 2.07 bits per heavy atom. The summed E-state index contributed by atoms with van der Waals surface area (Å²) in [5.74, 6) is 1.93. The highest BCUT2D eigenvalue weighted by atomic mass is 16.5. The van der Waals surface area contributed by atoms with Crippen LogP contribution >= 0.6 is 0 Å². The van der Waals surface area contributed by atoms with Crippen LogP contribution in [0.3, 0.4) is 0 Å². The summed E-state index contributed by atoms with van der Waals surface area (Å²) in [5, 5.41) is 6.89. The fraction of sp³-hybridized carbons (Fsp3) is 0.524. The second-order valence-electron chi connectivity index (χ2n) is 8.26. The van der Waals surface area contributed by atoms with Crippen LogP contribution in [0.2, 0.25) is 0 Å². The summed E-state index contributed by atoms with van der Waals surface area (Å²) in [6.07, 6.45) is 2.06. The van der Waals surface area contributed by atoms with Gasteiger partial charge in [0.15, 0.2) is 6.54 Å². The van der Waals surface area contributed by atoms with Gasteiger partial charge in [-0.1, -0.05) is 25.9 Å². The van der Waals surface area contributed by atoms with Gasteiger partial charge >= 0.3 is 0 Å². The van der Waals surface area contributed by atoms with E-state index in [0.29, 0.717) is 12.4 Å².